The second kappa shape index (κ2) is 4.87. The molecule has 0 amide bonds. The maximum atomic E-state index is 10.2. The highest BCUT2D eigenvalue weighted by atomic mass is 32.2. The van der Waals surface area contributed by atoms with Crippen molar-refractivity contribution in [2.24, 2.45) is 0 Å². The normalized spacial score (nSPS) is 23.8. The Kier molecular flexibility index (Phi) is 3.23. The first-order valence-electron chi connectivity index (χ1n) is 6.05. The molecule has 6 heteroatoms. The minimum Gasteiger partial charge on any atom is -0.388 e. The summed E-state index contributed by atoms with van der Waals surface area (Å²) in [6.45, 7) is 1.33. The molecule has 0 saturated carbocycles. The SMILES string of the molecule is OC1(CNCc2cnc3ncccn23)CCSC1. The highest BCUT2D eigenvalue weighted by Gasteiger charge is 2.31. The van der Waals surface area contributed by atoms with Gasteiger partial charge in [-0.3, -0.25) is 4.40 Å². The minimum absolute atomic E-state index is 0.538. The molecule has 0 bridgehead atoms. The molecular formula is C12H16N4OS. The summed E-state index contributed by atoms with van der Waals surface area (Å²) in [6.07, 6.45) is 6.38. The fraction of sp³-hybridized carbons (Fsp3) is 0.500. The van der Waals surface area contributed by atoms with Crippen LogP contribution < -0.4 is 5.32 Å². The van der Waals surface area contributed by atoms with Gasteiger partial charge in [-0.15, -0.1) is 0 Å². The fourth-order valence-electron chi connectivity index (χ4n) is 2.17. The lowest BCUT2D eigenvalue weighted by atomic mass is 10.0. The van der Waals surface area contributed by atoms with Crippen molar-refractivity contribution in [3.05, 3.63) is 30.4 Å². The molecule has 5 nitrogen and oxygen atoms in total. The summed E-state index contributed by atoms with van der Waals surface area (Å²) in [6, 6.07) is 1.89. The van der Waals surface area contributed by atoms with Crippen LogP contribution in [0.25, 0.3) is 5.78 Å². The first kappa shape index (κ1) is 12.0. The summed E-state index contributed by atoms with van der Waals surface area (Å²) in [5.74, 6) is 2.59. The highest BCUT2D eigenvalue weighted by Crippen LogP contribution is 2.26. The van der Waals surface area contributed by atoms with Crippen LogP contribution in [0.5, 0.6) is 0 Å². The summed E-state index contributed by atoms with van der Waals surface area (Å²) >= 11 is 1.81. The lowest BCUT2D eigenvalue weighted by molar-refractivity contribution is 0.0673. The van der Waals surface area contributed by atoms with Gasteiger partial charge in [-0.1, -0.05) is 0 Å². The van der Waals surface area contributed by atoms with Crippen LogP contribution in [-0.2, 0) is 6.54 Å². The van der Waals surface area contributed by atoms with Crippen molar-refractivity contribution in [2.75, 3.05) is 18.1 Å². The van der Waals surface area contributed by atoms with Crippen LogP contribution in [-0.4, -0.2) is 43.1 Å². The third-order valence-electron chi connectivity index (χ3n) is 3.21. The second-order valence-corrected chi connectivity index (χ2v) is 5.77. The Balaban J connectivity index is 1.63. The van der Waals surface area contributed by atoms with E-state index in [-0.39, 0.29) is 0 Å². The fourth-order valence-corrected chi connectivity index (χ4v) is 3.46. The molecule has 1 fully saturated rings. The number of hydrogen-bond donors (Lipinski definition) is 2. The third-order valence-corrected chi connectivity index (χ3v) is 4.44. The number of imidazole rings is 1. The summed E-state index contributed by atoms with van der Waals surface area (Å²) in [5, 5.41) is 13.5. The zero-order chi connectivity index (χ0) is 12.4. The van der Waals surface area contributed by atoms with Gasteiger partial charge in [0.2, 0.25) is 5.78 Å². The van der Waals surface area contributed by atoms with E-state index in [9.17, 15) is 5.11 Å². The molecule has 0 aliphatic carbocycles. The molecule has 96 valence electrons. The van der Waals surface area contributed by atoms with Crippen molar-refractivity contribution in [3.8, 4) is 0 Å². The number of rotatable bonds is 4. The number of aromatic nitrogens is 3. The first-order valence-corrected chi connectivity index (χ1v) is 7.20. The number of nitrogens with zero attached hydrogens (tertiary/aromatic N) is 3. The average Bonchev–Trinajstić information content (AvgIpc) is 2.97. The van der Waals surface area contributed by atoms with Crippen LogP contribution >= 0.6 is 11.8 Å². The van der Waals surface area contributed by atoms with Crippen LogP contribution in [0.15, 0.2) is 24.7 Å². The molecule has 2 N–H and O–H groups in total. The Morgan fingerprint density at radius 2 is 2.44 bits per heavy atom. The van der Waals surface area contributed by atoms with Gasteiger partial charge in [-0.2, -0.15) is 11.8 Å². The monoisotopic (exact) mass is 264 g/mol. The van der Waals surface area contributed by atoms with Crippen molar-refractivity contribution in [3.63, 3.8) is 0 Å². The molecule has 1 unspecified atom stereocenters. The van der Waals surface area contributed by atoms with Crippen molar-refractivity contribution < 1.29 is 5.11 Å². The van der Waals surface area contributed by atoms with Gasteiger partial charge in [0.1, 0.15) is 0 Å². The zero-order valence-corrected chi connectivity index (χ0v) is 10.9. The Hall–Kier alpha value is -1.11. The maximum absolute atomic E-state index is 10.2. The number of aliphatic hydroxyl groups is 1. The second-order valence-electron chi connectivity index (χ2n) is 4.67. The third kappa shape index (κ3) is 2.36. The largest absolute Gasteiger partial charge is 0.388 e. The van der Waals surface area contributed by atoms with E-state index in [1.165, 1.54) is 0 Å². The molecule has 3 heterocycles. The van der Waals surface area contributed by atoms with Gasteiger partial charge >= 0.3 is 0 Å². The Labute approximate surface area is 110 Å². The average molecular weight is 264 g/mol. The molecule has 3 rings (SSSR count). The molecule has 2 aromatic rings. The van der Waals surface area contributed by atoms with Gasteiger partial charge in [0, 0.05) is 31.2 Å². The van der Waals surface area contributed by atoms with Crippen molar-refractivity contribution in [1.29, 1.82) is 0 Å². The summed E-state index contributed by atoms with van der Waals surface area (Å²) in [5.41, 5.74) is 0.524. The van der Waals surface area contributed by atoms with E-state index in [1.807, 2.05) is 34.6 Å². The maximum Gasteiger partial charge on any atom is 0.233 e. The molecule has 1 atom stereocenters. The van der Waals surface area contributed by atoms with E-state index in [1.54, 1.807) is 6.20 Å². The summed E-state index contributed by atoms with van der Waals surface area (Å²) in [7, 11) is 0. The quantitative estimate of drug-likeness (QED) is 0.850. The van der Waals surface area contributed by atoms with E-state index >= 15 is 0 Å². The Morgan fingerprint density at radius 1 is 1.50 bits per heavy atom. The predicted molar refractivity (Wildman–Crippen MR) is 71.6 cm³/mol. The van der Waals surface area contributed by atoms with Gasteiger partial charge in [-0.05, 0) is 18.2 Å². The van der Waals surface area contributed by atoms with E-state index in [2.05, 4.69) is 15.3 Å². The lowest BCUT2D eigenvalue weighted by Gasteiger charge is -2.21. The van der Waals surface area contributed by atoms with Crippen LogP contribution in [0.3, 0.4) is 0 Å². The van der Waals surface area contributed by atoms with Crippen LogP contribution in [0.1, 0.15) is 12.1 Å². The molecule has 2 aromatic heterocycles. The van der Waals surface area contributed by atoms with Gasteiger partial charge < -0.3 is 10.4 Å². The molecule has 1 aliphatic rings. The number of hydrogen-bond acceptors (Lipinski definition) is 5. The van der Waals surface area contributed by atoms with Crippen molar-refractivity contribution in [2.45, 2.75) is 18.6 Å². The molecule has 0 radical (unpaired) electrons. The molecule has 0 aromatic carbocycles. The van der Waals surface area contributed by atoms with Crippen molar-refractivity contribution >= 4 is 17.5 Å². The zero-order valence-electron chi connectivity index (χ0n) is 10.0. The van der Waals surface area contributed by atoms with Crippen LogP contribution in [0.4, 0.5) is 0 Å². The van der Waals surface area contributed by atoms with Crippen LogP contribution in [0, 0.1) is 0 Å². The van der Waals surface area contributed by atoms with E-state index in [0.29, 0.717) is 18.9 Å². The molecule has 0 spiro atoms. The molecule has 1 saturated heterocycles. The van der Waals surface area contributed by atoms with Gasteiger partial charge in [0.05, 0.1) is 17.5 Å². The highest BCUT2D eigenvalue weighted by molar-refractivity contribution is 7.99. The topological polar surface area (TPSA) is 62.5 Å². The smallest absolute Gasteiger partial charge is 0.233 e. The van der Waals surface area contributed by atoms with Crippen molar-refractivity contribution in [1.82, 2.24) is 19.7 Å². The van der Waals surface area contributed by atoms with E-state index in [4.69, 9.17) is 0 Å². The van der Waals surface area contributed by atoms with Gasteiger partial charge in [-0.25, -0.2) is 9.97 Å². The van der Waals surface area contributed by atoms with E-state index < -0.39 is 5.60 Å². The standard InChI is InChI=1S/C12H16N4OS/c17-12(2-5-18-9-12)8-13-6-10-7-15-11-14-3-1-4-16(10)11/h1,3-4,7,13,17H,2,5-6,8-9H2. The molecular weight excluding hydrogens is 248 g/mol. The summed E-state index contributed by atoms with van der Waals surface area (Å²) < 4.78 is 1.96. The Bertz CT molecular complexity index is 536. The van der Waals surface area contributed by atoms with E-state index in [0.717, 1.165) is 23.6 Å². The number of thioether (sulfide) groups is 1. The molecule has 1 aliphatic heterocycles. The lowest BCUT2D eigenvalue weighted by Crippen LogP contribution is -2.40. The van der Waals surface area contributed by atoms with Crippen LogP contribution in [0.2, 0.25) is 0 Å². The van der Waals surface area contributed by atoms with Gasteiger partial charge in [0.15, 0.2) is 0 Å². The first-order chi connectivity index (χ1) is 8.77. The van der Waals surface area contributed by atoms with Gasteiger partial charge in [0.25, 0.3) is 0 Å². The predicted octanol–water partition coefficient (Wildman–Crippen LogP) is 0.687. The Morgan fingerprint density at radius 3 is 3.28 bits per heavy atom. The number of nitrogens with one attached hydrogen (secondary N) is 1. The number of fused-ring (bicyclic) bond motifs is 1. The minimum atomic E-state index is -0.538. The molecule has 18 heavy (non-hydrogen) atoms. The summed E-state index contributed by atoms with van der Waals surface area (Å²) in [4.78, 5) is 8.40.